The molecule has 0 spiro atoms. The minimum Gasteiger partial charge on any atom is -0.485 e. The minimum atomic E-state index is 0.312. The third kappa shape index (κ3) is 3.10. The lowest BCUT2D eigenvalue weighted by Crippen LogP contribution is -2.00. The van der Waals surface area contributed by atoms with Gasteiger partial charge < -0.3 is 10.5 Å². The molecular weight excluding hydrogens is 337 g/mol. The summed E-state index contributed by atoms with van der Waals surface area (Å²) in [6.07, 6.45) is 0. The van der Waals surface area contributed by atoms with Gasteiger partial charge in [0.2, 0.25) is 0 Å². The number of ether oxygens (including phenoxy) is 1. The molecule has 0 saturated heterocycles. The van der Waals surface area contributed by atoms with Crippen molar-refractivity contribution in [3.05, 3.63) is 56.5 Å². The van der Waals surface area contributed by atoms with Crippen molar-refractivity contribution in [1.29, 1.82) is 0 Å². The van der Waals surface area contributed by atoms with E-state index in [9.17, 15) is 0 Å². The van der Waals surface area contributed by atoms with Crippen molar-refractivity contribution in [3.63, 3.8) is 0 Å². The second-order valence-electron chi connectivity index (χ2n) is 3.68. The predicted octanol–water partition coefficient (Wildman–Crippen LogP) is 4.92. The molecule has 5 heteroatoms. The highest BCUT2D eigenvalue weighted by molar-refractivity contribution is 9.10. The number of para-hydroxylation sites is 1. The van der Waals surface area contributed by atoms with Gasteiger partial charge in [-0.25, -0.2) is 0 Å². The van der Waals surface area contributed by atoms with E-state index in [1.807, 2.05) is 12.1 Å². The minimum absolute atomic E-state index is 0.312. The van der Waals surface area contributed by atoms with E-state index in [0.29, 0.717) is 28.1 Å². The normalized spacial score (nSPS) is 10.4. The van der Waals surface area contributed by atoms with Gasteiger partial charge in [0.15, 0.2) is 5.75 Å². The first-order valence-corrected chi connectivity index (χ1v) is 6.73. The van der Waals surface area contributed by atoms with E-state index in [2.05, 4.69) is 15.9 Å². The number of nitrogens with two attached hydrogens (primary N) is 1. The fraction of sp³-hybridized carbons (Fsp3) is 0.0769. The molecule has 18 heavy (non-hydrogen) atoms. The molecule has 0 bridgehead atoms. The highest BCUT2D eigenvalue weighted by Gasteiger charge is 2.07. The van der Waals surface area contributed by atoms with Crippen molar-refractivity contribution < 1.29 is 4.74 Å². The summed E-state index contributed by atoms with van der Waals surface area (Å²) in [6, 6.07) is 10.7. The maximum atomic E-state index is 6.06. The largest absolute Gasteiger partial charge is 0.485 e. The van der Waals surface area contributed by atoms with Gasteiger partial charge in [-0.1, -0.05) is 29.3 Å². The van der Waals surface area contributed by atoms with Crippen molar-refractivity contribution >= 4 is 44.8 Å². The molecule has 0 saturated carbocycles. The van der Waals surface area contributed by atoms with Crippen LogP contribution in [-0.4, -0.2) is 0 Å². The third-order valence-electron chi connectivity index (χ3n) is 2.38. The Kier molecular flexibility index (Phi) is 4.38. The van der Waals surface area contributed by atoms with Crippen LogP contribution in [0.2, 0.25) is 10.0 Å². The van der Waals surface area contributed by atoms with Crippen molar-refractivity contribution in [3.8, 4) is 5.75 Å². The zero-order chi connectivity index (χ0) is 13.1. The van der Waals surface area contributed by atoms with Gasteiger partial charge in [-0.05, 0) is 46.3 Å². The number of benzene rings is 2. The van der Waals surface area contributed by atoms with Gasteiger partial charge >= 0.3 is 0 Å². The maximum Gasteiger partial charge on any atom is 0.156 e. The summed E-state index contributed by atoms with van der Waals surface area (Å²) in [7, 11) is 0. The molecule has 0 atom stereocenters. The zero-order valence-corrected chi connectivity index (χ0v) is 12.4. The lowest BCUT2D eigenvalue weighted by Gasteiger charge is -2.11. The van der Waals surface area contributed by atoms with Gasteiger partial charge in [0.25, 0.3) is 0 Å². The van der Waals surface area contributed by atoms with Crippen LogP contribution in [0, 0.1) is 0 Å². The van der Waals surface area contributed by atoms with Crippen LogP contribution < -0.4 is 10.5 Å². The molecule has 0 radical (unpaired) electrons. The molecule has 0 aliphatic carbocycles. The maximum absolute atomic E-state index is 6.06. The Labute approximate surface area is 124 Å². The van der Waals surface area contributed by atoms with Gasteiger partial charge in [0.1, 0.15) is 6.61 Å². The molecule has 2 rings (SSSR count). The lowest BCUT2D eigenvalue weighted by atomic mass is 10.2. The average molecular weight is 347 g/mol. The number of rotatable bonds is 3. The fourth-order valence-corrected chi connectivity index (χ4v) is 2.34. The fourth-order valence-electron chi connectivity index (χ4n) is 1.48. The second-order valence-corrected chi connectivity index (χ2v) is 5.38. The summed E-state index contributed by atoms with van der Waals surface area (Å²) in [5, 5.41) is 1.24. The lowest BCUT2D eigenvalue weighted by molar-refractivity contribution is 0.306. The first-order valence-electron chi connectivity index (χ1n) is 5.18. The van der Waals surface area contributed by atoms with Gasteiger partial charge in [0.05, 0.1) is 10.2 Å². The topological polar surface area (TPSA) is 35.2 Å². The first-order chi connectivity index (χ1) is 8.58. The quantitative estimate of drug-likeness (QED) is 0.801. The molecule has 0 fully saturated rings. The smallest absolute Gasteiger partial charge is 0.156 e. The summed E-state index contributed by atoms with van der Waals surface area (Å²) < 4.78 is 6.48. The van der Waals surface area contributed by atoms with E-state index >= 15 is 0 Å². The molecule has 2 aromatic carbocycles. The van der Waals surface area contributed by atoms with Gasteiger partial charge in [-0.15, -0.1) is 0 Å². The number of anilines is 1. The molecule has 0 aliphatic heterocycles. The third-order valence-corrected chi connectivity index (χ3v) is 3.61. The second kappa shape index (κ2) is 5.83. The van der Waals surface area contributed by atoms with Crippen LogP contribution in [0.3, 0.4) is 0 Å². The van der Waals surface area contributed by atoms with Crippen molar-refractivity contribution in [2.24, 2.45) is 0 Å². The van der Waals surface area contributed by atoms with Crippen LogP contribution in [0.5, 0.6) is 5.75 Å². The number of halogens is 3. The van der Waals surface area contributed by atoms with E-state index in [1.165, 1.54) is 0 Å². The monoisotopic (exact) mass is 345 g/mol. The van der Waals surface area contributed by atoms with Crippen molar-refractivity contribution in [2.75, 3.05) is 5.73 Å². The van der Waals surface area contributed by atoms with Crippen LogP contribution in [0.25, 0.3) is 0 Å². The van der Waals surface area contributed by atoms with E-state index < -0.39 is 0 Å². The summed E-state index contributed by atoms with van der Waals surface area (Å²) in [5.74, 6) is 0.605. The highest BCUT2D eigenvalue weighted by atomic mass is 79.9. The molecule has 0 aliphatic rings. The number of hydrogen-bond donors (Lipinski definition) is 1. The average Bonchev–Trinajstić information content (AvgIpc) is 2.33. The summed E-state index contributed by atoms with van der Waals surface area (Å²) in [6.45, 7) is 0.312. The van der Waals surface area contributed by atoms with Crippen LogP contribution in [-0.2, 0) is 6.61 Å². The van der Waals surface area contributed by atoms with E-state index in [-0.39, 0.29) is 0 Å². The molecular formula is C13H10BrCl2NO. The molecule has 0 amide bonds. The van der Waals surface area contributed by atoms with E-state index in [0.717, 1.165) is 10.0 Å². The van der Waals surface area contributed by atoms with Gasteiger partial charge in [-0.3, -0.25) is 0 Å². The van der Waals surface area contributed by atoms with Gasteiger partial charge in [0, 0.05) is 15.6 Å². The Balaban J connectivity index is 2.19. The Morgan fingerprint density at radius 1 is 1.17 bits per heavy atom. The van der Waals surface area contributed by atoms with Gasteiger partial charge in [-0.2, -0.15) is 0 Å². The van der Waals surface area contributed by atoms with E-state index in [4.69, 9.17) is 33.7 Å². The molecule has 0 unspecified atom stereocenters. The number of hydrogen-bond acceptors (Lipinski definition) is 2. The van der Waals surface area contributed by atoms with E-state index in [1.54, 1.807) is 24.3 Å². The first kappa shape index (κ1) is 13.5. The zero-order valence-electron chi connectivity index (χ0n) is 9.29. The Hall–Kier alpha value is -0.900. The molecule has 2 aromatic rings. The van der Waals surface area contributed by atoms with Crippen molar-refractivity contribution in [2.45, 2.75) is 6.61 Å². The molecule has 0 heterocycles. The molecule has 2 N–H and O–H groups in total. The standard InChI is InChI=1S/C13H10BrCl2NO/c14-10-2-1-3-12(17)13(10)18-7-8-6-9(15)4-5-11(8)16/h1-6H,7,17H2. The highest BCUT2D eigenvalue weighted by Crippen LogP contribution is 2.32. The van der Waals surface area contributed by atoms with Crippen LogP contribution in [0.1, 0.15) is 5.56 Å². The molecule has 0 aromatic heterocycles. The summed E-state index contributed by atoms with van der Waals surface area (Å²) in [4.78, 5) is 0. The van der Waals surface area contributed by atoms with Crippen molar-refractivity contribution in [1.82, 2.24) is 0 Å². The Morgan fingerprint density at radius 3 is 2.67 bits per heavy atom. The Bertz CT molecular complexity index is 555. The summed E-state index contributed by atoms with van der Waals surface area (Å²) in [5.41, 5.74) is 7.23. The SMILES string of the molecule is Nc1cccc(Br)c1OCc1cc(Cl)ccc1Cl. The van der Waals surface area contributed by atoms with Crippen LogP contribution >= 0.6 is 39.1 Å². The van der Waals surface area contributed by atoms with Crippen LogP contribution in [0.4, 0.5) is 5.69 Å². The molecule has 94 valence electrons. The summed E-state index contributed by atoms with van der Waals surface area (Å²) >= 11 is 15.4. The number of nitrogen functional groups attached to an aromatic ring is 1. The Morgan fingerprint density at radius 2 is 1.94 bits per heavy atom. The van der Waals surface area contributed by atoms with Crippen LogP contribution in [0.15, 0.2) is 40.9 Å². The molecule has 2 nitrogen and oxygen atoms in total. The predicted molar refractivity (Wildman–Crippen MR) is 79.3 cm³/mol.